The molecule has 0 aliphatic carbocycles. The second-order valence-corrected chi connectivity index (χ2v) is 2.02. The average Bonchev–Trinajstić information content (AvgIpc) is 2.03. The van der Waals surface area contributed by atoms with Crippen LogP contribution in [0.2, 0.25) is 0 Å². The van der Waals surface area contributed by atoms with E-state index in [9.17, 15) is 4.79 Å². The fraction of sp³-hybridized carbons (Fsp3) is 0.111. The van der Waals surface area contributed by atoms with Crippen molar-refractivity contribution in [3.8, 4) is 0 Å². The van der Waals surface area contributed by atoms with Gasteiger partial charge in [-0.25, -0.2) is 0 Å². The van der Waals surface area contributed by atoms with Gasteiger partial charge < -0.3 is 4.79 Å². The summed E-state index contributed by atoms with van der Waals surface area (Å²) in [4.78, 5) is 9.95. The Morgan fingerprint density at radius 3 is 2.50 bits per heavy atom. The third kappa shape index (κ3) is 2.02. The smallest absolute Gasteiger partial charge is 0.120 e. The molecule has 0 saturated heterocycles. The standard InChI is InChI=1S/C9H9O/c10-8-4-7-9-5-2-1-3-6-9/h1-3,5-8H,4H2. The van der Waals surface area contributed by atoms with Gasteiger partial charge in [0.15, 0.2) is 0 Å². The van der Waals surface area contributed by atoms with E-state index in [1.807, 2.05) is 36.8 Å². The van der Waals surface area contributed by atoms with E-state index in [0.29, 0.717) is 6.42 Å². The summed E-state index contributed by atoms with van der Waals surface area (Å²) in [5.41, 5.74) is 1.11. The van der Waals surface area contributed by atoms with Gasteiger partial charge in [0, 0.05) is 6.42 Å². The Bertz CT molecular complexity index is 191. The molecule has 10 heavy (non-hydrogen) atoms. The SMILES string of the molecule is O=CC[CH]c1ccccc1. The number of carbonyl (C=O) groups excluding carboxylic acids is 1. The number of hydrogen-bond acceptors (Lipinski definition) is 1. The molecule has 1 aromatic carbocycles. The maximum Gasteiger partial charge on any atom is 0.120 e. The first kappa shape index (κ1) is 7.00. The Balaban J connectivity index is 2.50. The van der Waals surface area contributed by atoms with Gasteiger partial charge in [0.05, 0.1) is 0 Å². The number of aldehydes is 1. The molecule has 0 fully saturated rings. The van der Waals surface area contributed by atoms with Crippen LogP contribution in [0, 0.1) is 6.42 Å². The highest BCUT2D eigenvalue weighted by molar-refractivity contribution is 5.53. The van der Waals surface area contributed by atoms with E-state index in [-0.39, 0.29) is 0 Å². The van der Waals surface area contributed by atoms with Crippen LogP contribution in [0.1, 0.15) is 12.0 Å². The summed E-state index contributed by atoms with van der Waals surface area (Å²) in [7, 11) is 0. The predicted molar refractivity (Wildman–Crippen MR) is 40.5 cm³/mol. The number of benzene rings is 1. The first-order valence-corrected chi connectivity index (χ1v) is 3.25. The fourth-order valence-electron chi connectivity index (χ4n) is 0.773. The Labute approximate surface area is 60.7 Å². The molecule has 0 spiro atoms. The average molecular weight is 133 g/mol. The van der Waals surface area contributed by atoms with Crippen molar-refractivity contribution in [3.63, 3.8) is 0 Å². The monoisotopic (exact) mass is 133 g/mol. The second kappa shape index (κ2) is 3.83. The molecular weight excluding hydrogens is 124 g/mol. The molecule has 0 atom stereocenters. The Hall–Kier alpha value is -1.11. The summed E-state index contributed by atoms with van der Waals surface area (Å²) in [6.45, 7) is 0. The highest BCUT2D eigenvalue weighted by Crippen LogP contribution is 2.02. The zero-order valence-electron chi connectivity index (χ0n) is 5.66. The number of hydrogen-bond donors (Lipinski definition) is 0. The Kier molecular flexibility index (Phi) is 2.68. The van der Waals surface area contributed by atoms with Crippen LogP contribution in [0.3, 0.4) is 0 Å². The lowest BCUT2D eigenvalue weighted by atomic mass is 10.1. The molecule has 0 N–H and O–H groups in total. The maximum absolute atomic E-state index is 9.95. The molecule has 0 aliphatic rings. The van der Waals surface area contributed by atoms with Gasteiger partial charge in [-0.3, -0.25) is 0 Å². The molecule has 1 aromatic rings. The normalized spacial score (nSPS) is 9.20. The van der Waals surface area contributed by atoms with Gasteiger partial charge in [-0.05, 0) is 12.0 Å². The molecule has 0 heterocycles. The molecule has 0 unspecified atom stereocenters. The molecule has 0 aliphatic heterocycles. The minimum absolute atomic E-state index is 0.504. The molecular formula is C9H9O. The van der Waals surface area contributed by atoms with Crippen LogP contribution in [-0.4, -0.2) is 6.29 Å². The van der Waals surface area contributed by atoms with Crippen molar-refractivity contribution in [2.45, 2.75) is 6.42 Å². The summed E-state index contributed by atoms with van der Waals surface area (Å²) >= 11 is 0. The van der Waals surface area contributed by atoms with Crippen molar-refractivity contribution in [2.75, 3.05) is 0 Å². The van der Waals surface area contributed by atoms with E-state index in [2.05, 4.69) is 0 Å². The lowest BCUT2D eigenvalue weighted by molar-refractivity contribution is -0.107. The first-order valence-electron chi connectivity index (χ1n) is 3.25. The van der Waals surface area contributed by atoms with Crippen molar-refractivity contribution in [1.29, 1.82) is 0 Å². The minimum atomic E-state index is 0.504. The van der Waals surface area contributed by atoms with Crippen molar-refractivity contribution in [3.05, 3.63) is 42.3 Å². The van der Waals surface area contributed by atoms with Crippen LogP contribution in [0.5, 0.6) is 0 Å². The van der Waals surface area contributed by atoms with Crippen molar-refractivity contribution in [2.24, 2.45) is 0 Å². The van der Waals surface area contributed by atoms with Crippen molar-refractivity contribution in [1.82, 2.24) is 0 Å². The first-order chi connectivity index (χ1) is 4.93. The summed E-state index contributed by atoms with van der Waals surface area (Å²) in [6, 6.07) is 9.82. The molecule has 1 rings (SSSR count). The Morgan fingerprint density at radius 2 is 1.90 bits per heavy atom. The van der Waals surface area contributed by atoms with E-state index < -0.39 is 0 Å². The van der Waals surface area contributed by atoms with E-state index in [4.69, 9.17) is 0 Å². The molecule has 1 nitrogen and oxygen atoms in total. The zero-order chi connectivity index (χ0) is 7.23. The quantitative estimate of drug-likeness (QED) is 0.575. The molecule has 51 valence electrons. The topological polar surface area (TPSA) is 17.1 Å². The fourth-order valence-corrected chi connectivity index (χ4v) is 0.773. The maximum atomic E-state index is 9.95. The van der Waals surface area contributed by atoms with Crippen LogP contribution < -0.4 is 0 Å². The van der Waals surface area contributed by atoms with Crippen LogP contribution in [0.4, 0.5) is 0 Å². The van der Waals surface area contributed by atoms with E-state index >= 15 is 0 Å². The third-order valence-electron chi connectivity index (χ3n) is 1.25. The van der Waals surface area contributed by atoms with Crippen LogP contribution in [0.25, 0.3) is 0 Å². The number of rotatable bonds is 3. The molecule has 0 aromatic heterocycles. The van der Waals surface area contributed by atoms with Gasteiger partial charge in [0.25, 0.3) is 0 Å². The van der Waals surface area contributed by atoms with Crippen LogP contribution in [-0.2, 0) is 4.79 Å². The molecule has 1 radical (unpaired) electrons. The Morgan fingerprint density at radius 1 is 1.20 bits per heavy atom. The summed E-state index contributed by atoms with van der Waals surface area (Å²) in [5.74, 6) is 0. The molecule has 0 amide bonds. The van der Waals surface area contributed by atoms with Gasteiger partial charge in [-0.2, -0.15) is 0 Å². The van der Waals surface area contributed by atoms with Crippen LogP contribution >= 0.6 is 0 Å². The highest BCUT2D eigenvalue weighted by atomic mass is 16.1. The zero-order valence-corrected chi connectivity index (χ0v) is 5.66. The second-order valence-electron chi connectivity index (χ2n) is 2.02. The van der Waals surface area contributed by atoms with Crippen molar-refractivity contribution >= 4 is 6.29 Å². The molecule has 0 bridgehead atoms. The molecule has 0 saturated carbocycles. The minimum Gasteiger partial charge on any atom is -0.303 e. The van der Waals surface area contributed by atoms with Gasteiger partial charge in [-0.1, -0.05) is 30.3 Å². The highest BCUT2D eigenvalue weighted by Gasteiger charge is 1.88. The van der Waals surface area contributed by atoms with E-state index in [1.165, 1.54) is 0 Å². The largest absolute Gasteiger partial charge is 0.303 e. The number of carbonyl (C=O) groups is 1. The van der Waals surface area contributed by atoms with Crippen molar-refractivity contribution < 1.29 is 4.79 Å². The van der Waals surface area contributed by atoms with Gasteiger partial charge >= 0.3 is 0 Å². The summed E-state index contributed by atoms with van der Waals surface area (Å²) in [6.07, 6.45) is 3.30. The van der Waals surface area contributed by atoms with Gasteiger partial charge in [-0.15, -0.1) is 0 Å². The van der Waals surface area contributed by atoms with Gasteiger partial charge in [0.2, 0.25) is 0 Å². The lowest BCUT2D eigenvalue weighted by Crippen LogP contribution is -1.80. The molecule has 1 heteroatoms. The third-order valence-corrected chi connectivity index (χ3v) is 1.25. The summed E-state index contributed by atoms with van der Waals surface area (Å²) < 4.78 is 0. The lowest BCUT2D eigenvalue weighted by Gasteiger charge is -1.92. The van der Waals surface area contributed by atoms with E-state index in [0.717, 1.165) is 11.8 Å². The van der Waals surface area contributed by atoms with Gasteiger partial charge in [0.1, 0.15) is 6.29 Å². The summed E-state index contributed by atoms with van der Waals surface area (Å²) in [5, 5.41) is 0. The van der Waals surface area contributed by atoms with Crippen LogP contribution in [0.15, 0.2) is 30.3 Å². The van der Waals surface area contributed by atoms with E-state index in [1.54, 1.807) is 0 Å². The predicted octanol–water partition coefficient (Wildman–Crippen LogP) is 1.83.